The predicted molar refractivity (Wildman–Crippen MR) is 115 cm³/mol. The summed E-state index contributed by atoms with van der Waals surface area (Å²) in [6.45, 7) is 4.40. The summed E-state index contributed by atoms with van der Waals surface area (Å²) in [7, 11) is 0. The summed E-state index contributed by atoms with van der Waals surface area (Å²) in [6.07, 6.45) is 0.576. The van der Waals surface area contributed by atoms with Crippen LogP contribution in [-0.4, -0.2) is 26.9 Å². The van der Waals surface area contributed by atoms with Crippen LogP contribution in [0.25, 0.3) is 16.6 Å². The third-order valence-electron chi connectivity index (χ3n) is 5.58. The molecule has 1 N–H and O–H groups in total. The molecule has 0 spiro atoms. The van der Waals surface area contributed by atoms with E-state index < -0.39 is 6.04 Å². The molecule has 1 amide bonds. The lowest BCUT2D eigenvalue weighted by molar-refractivity contribution is -0.124. The summed E-state index contributed by atoms with van der Waals surface area (Å²) < 4.78 is 14.6. The number of fused-ring (bicyclic) bond motifs is 4. The molecule has 4 aromatic rings. The number of rotatable bonds is 5. The van der Waals surface area contributed by atoms with Gasteiger partial charge in [-0.25, -0.2) is 4.52 Å². The Morgan fingerprint density at radius 3 is 2.81 bits per heavy atom. The fourth-order valence-corrected chi connectivity index (χ4v) is 4.14. The lowest BCUT2D eigenvalue weighted by Gasteiger charge is -2.20. The Bertz CT molecular complexity index is 1370. The van der Waals surface area contributed by atoms with Gasteiger partial charge in [-0.05, 0) is 43.2 Å². The molecule has 8 heteroatoms. The average Bonchev–Trinajstić information content (AvgIpc) is 3.36. The van der Waals surface area contributed by atoms with Gasteiger partial charge in [-0.3, -0.25) is 14.3 Å². The number of amides is 1. The summed E-state index contributed by atoms with van der Waals surface area (Å²) in [5.74, 6) is 1.29. The van der Waals surface area contributed by atoms with E-state index in [2.05, 4.69) is 10.3 Å². The van der Waals surface area contributed by atoms with E-state index in [0.717, 1.165) is 22.2 Å². The van der Waals surface area contributed by atoms with Gasteiger partial charge < -0.3 is 14.8 Å². The van der Waals surface area contributed by atoms with E-state index in [1.54, 1.807) is 0 Å². The second-order valence-corrected chi connectivity index (χ2v) is 7.56. The molecule has 0 bridgehead atoms. The first-order valence-corrected chi connectivity index (χ1v) is 10.2. The first kappa shape index (κ1) is 19.2. The Labute approximate surface area is 178 Å². The Morgan fingerprint density at radius 2 is 1.97 bits per heavy atom. The van der Waals surface area contributed by atoms with Crippen LogP contribution >= 0.6 is 0 Å². The molecule has 0 radical (unpaired) electrons. The van der Waals surface area contributed by atoms with Crippen molar-refractivity contribution in [2.75, 3.05) is 6.79 Å². The Morgan fingerprint density at radius 1 is 1.16 bits per heavy atom. The molecule has 1 aliphatic heterocycles. The lowest BCUT2D eigenvalue weighted by atomic mass is 10.1. The van der Waals surface area contributed by atoms with Crippen LogP contribution in [-0.2, 0) is 11.3 Å². The highest BCUT2D eigenvalue weighted by atomic mass is 16.7. The number of hydrogen-bond acceptors (Lipinski definition) is 5. The fraction of sp³-hybridized carbons (Fsp3) is 0.261. The number of carbonyl (C=O) groups is 1. The van der Waals surface area contributed by atoms with Gasteiger partial charge in [0.2, 0.25) is 12.7 Å². The monoisotopic (exact) mass is 418 g/mol. The number of benzene rings is 2. The third-order valence-corrected chi connectivity index (χ3v) is 5.58. The molecule has 5 rings (SSSR count). The van der Waals surface area contributed by atoms with Crippen LogP contribution in [0.4, 0.5) is 0 Å². The van der Waals surface area contributed by atoms with Crippen molar-refractivity contribution in [2.45, 2.75) is 32.9 Å². The number of nitrogens with zero attached hydrogens (tertiary/aromatic N) is 3. The maximum absolute atomic E-state index is 13.3. The van der Waals surface area contributed by atoms with Crippen LogP contribution in [0.5, 0.6) is 11.5 Å². The maximum atomic E-state index is 13.3. The number of nitrogens with one attached hydrogen (secondary N) is 1. The van der Waals surface area contributed by atoms with Crippen LogP contribution in [0.15, 0.2) is 53.3 Å². The number of carbonyl (C=O) groups excluding carboxylic acids is 1. The molecule has 1 aliphatic rings. The van der Waals surface area contributed by atoms with Crippen molar-refractivity contribution in [3.05, 3.63) is 70.1 Å². The highest BCUT2D eigenvalue weighted by Gasteiger charge is 2.25. The zero-order valence-corrected chi connectivity index (χ0v) is 17.3. The van der Waals surface area contributed by atoms with Gasteiger partial charge in [-0.1, -0.05) is 25.1 Å². The SMILES string of the molecule is CCC(C(=O)NCc1ccc2c(c1)OCO2)n1c2ccccc2c2nc(=O)cc(C)n21. The largest absolute Gasteiger partial charge is 0.454 e. The quantitative estimate of drug-likeness (QED) is 0.539. The molecule has 0 saturated carbocycles. The molecule has 0 aliphatic carbocycles. The van der Waals surface area contributed by atoms with E-state index in [4.69, 9.17) is 9.47 Å². The Hall–Kier alpha value is -3.81. The van der Waals surface area contributed by atoms with Gasteiger partial charge >= 0.3 is 0 Å². The molecular weight excluding hydrogens is 396 g/mol. The Balaban J connectivity index is 1.51. The van der Waals surface area contributed by atoms with Crippen LogP contribution in [0.3, 0.4) is 0 Å². The van der Waals surface area contributed by atoms with Crippen molar-refractivity contribution in [2.24, 2.45) is 0 Å². The fourth-order valence-electron chi connectivity index (χ4n) is 4.14. The van der Waals surface area contributed by atoms with Crippen molar-refractivity contribution in [1.82, 2.24) is 19.5 Å². The predicted octanol–water partition coefficient (Wildman–Crippen LogP) is 2.95. The van der Waals surface area contributed by atoms with E-state index in [-0.39, 0.29) is 18.3 Å². The second kappa shape index (κ2) is 7.46. The maximum Gasteiger partial charge on any atom is 0.273 e. The summed E-state index contributed by atoms with van der Waals surface area (Å²) in [5, 5.41) is 3.88. The highest BCUT2D eigenvalue weighted by Crippen LogP contribution is 2.32. The molecule has 8 nitrogen and oxygen atoms in total. The van der Waals surface area contributed by atoms with E-state index >= 15 is 0 Å². The highest BCUT2D eigenvalue weighted by molar-refractivity contribution is 5.94. The van der Waals surface area contributed by atoms with E-state index in [9.17, 15) is 9.59 Å². The molecule has 0 fully saturated rings. The molecule has 0 saturated heterocycles. The van der Waals surface area contributed by atoms with E-state index in [0.29, 0.717) is 30.1 Å². The molecule has 2 aromatic carbocycles. The zero-order chi connectivity index (χ0) is 21.5. The number of aryl methyl sites for hydroxylation is 1. The molecule has 3 heterocycles. The topological polar surface area (TPSA) is 86.9 Å². The molecule has 1 atom stereocenters. The van der Waals surface area contributed by atoms with Gasteiger partial charge in [-0.15, -0.1) is 0 Å². The normalized spacial score (nSPS) is 13.6. The number of para-hydroxylation sites is 1. The third kappa shape index (κ3) is 3.20. The van der Waals surface area contributed by atoms with E-state index in [1.807, 2.05) is 65.5 Å². The van der Waals surface area contributed by atoms with Crippen molar-refractivity contribution in [3.8, 4) is 11.5 Å². The summed E-state index contributed by atoms with van der Waals surface area (Å²) in [5.41, 5.74) is 2.78. The lowest BCUT2D eigenvalue weighted by Crippen LogP contribution is -2.34. The number of aromatic nitrogens is 3. The molecule has 1 unspecified atom stereocenters. The van der Waals surface area contributed by atoms with Gasteiger partial charge in [0.25, 0.3) is 5.56 Å². The smallest absolute Gasteiger partial charge is 0.273 e. The van der Waals surface area contributed by atoms with Gasteiger partial charge in [0, 0.05) is 23.7 Å². The van der Waals surface area contributed by atoms with Gasteiger partial charge in [0.15, 0.2) is 17.1 Å². The first-order chi connectivity index (χ1) is 15.1. The zero-order valence-electron chi connectivity index (χ0n) is 17.3. The second-order valence-electron chi connectivity index (χ2n) is 7.56. The van der Waals surface area contributed by atoms with Gasteiger partial charge in [-0.2, -0.15) is 4.98 Å². The minimum atomic E-state index is -0.473. The summed E-state index contributed by atoms with van der Waals surface area (Å²) in [4.78, 5) is 29.5. The van der Waals surface area contributed by atoms with Crippen molar-refractivity contribution in [1.29, 1.82) is 0 Å². The number of ether oxygens (including phenoxy) is 2. The van der Waals surface area contributed by atoms with Crippen LogP contribution in [0, 0.1) is 6.92 Å². The van der Waals surface area contributed by atoms with Crippen LogP contribution in [0.1, 0.15) is 30.6 Å². The molecule has 2 aromatic heterocycles. The van der Waals surface area contributed by atoms with Crippen molar-refractivity contribution < 1.29 is 14.3 Å². The van der Waals surface area contributed by atoms with Crippen LogP contribution in [0.2, 0.25) is 0 Å². The van der Waals surface area contributed by atoms with Crippen LogP contribution < -0.4 is 20.3 Å². The Kier molecular flexibility index (Phi) is 4.62. The minimum Gasteiger partial charge on any atom is -0.454 e. The van der Waals surface area contributed by atoms with Gasteiger partial charge in [0.1, 0.15) is 6.04 Å². The average molecular weight is 418 g/mol. The molecule has 158 valence electrons. The number of hydrogen-bond donors (Lipinski definition) is 1. The minimum absolute atomic E-state index is 0.110. The molecular formula is C23H22N4O4. The van der Waals surface area contributed by atoms with Gasteiger partial charge in [0.05, 0.1) is 5.52 Å². The molecule has 31 heavy (non-hydrogen) atoms. The van der Waals surface area contributed by atoms with Crippen molar-refractivity contribution in [3.63, 3.8) is 0 Å². The summed E-state index contributed by atoms with van der Waals surface area (Å²) in [6, 6.07) is 14.3. The van der Waals surface area contributed by atoms with E-state index in [1.165, 1.54) is 6.07 Å². The summed E-state index contributed by atoms with van der Waals surface area (Å²) >= 11 is 0. The first-order valence-electron chi connectivity index (χ1n) is 10.2. The van der Waals surface area contributed by atoms with Crippen molar-refractivity contribution >= 4 is 22.5 Å². The standard InChI is InChI=1S/C23H22N4O4/c1-3-17(23(29)24-12-15-8-9-19-20(11-15)31-13-30-19)27-18-7-5-4-6-16(18)22-25-21(28)10-14(2)26(22)27/h4-11,17H,3,12-13H2,1-2H3,(H,24,29).